The van der Waals surface area contributed by atoms with Crippen LogP contribution in [0.4, 0.5) is 11.5 Å². The minimum Gasteiger partial charge on any atom is -0.444 e. The summed E-state index contributed by atoms with van der Waals surface area (Å²) in [6, 6.07) is -0.0530. The van der Waals surface area contributed by atoms with Crippen LogP contribution in [-0.2, 0) is 6.54 Å². The van der Waals surface area contributed by atoms with Crippen molar-refractivity contribution in [3.05, 3.63) is 23.5 Å². The maximum Gasteiger partial charge on any atom is 0.216 e. The van der Waals surface area contributed by atoms with Gasteiger partial charge in [-0.3, -0.25) is 0 Å². The highest BCUT2D eigenvalue weighted by atomic mass is 16.4. The molecule has 0 bridgehead atoms. The van der Waals surface area contributed by atoms with Crippen LogP contribution in [0.5, 0.6) is 0 Å². The maximum absolute atomic E-state index is 6.07. The SMILES string of the molecule is CCCn1nc(C)c(N)c1NC(C)c1ncc(C)o1. The molecule has 0 saturated carbocycles. The molecule has 0 aromatic carbocycles. The van der Waals surface area contributed by atoms with Gasteiger partial charge in [0.2, 0.25) is 5.89 Å². The van der Waals surface area contributed by atoms with E-state index in [-0.39, 0.29) is 6.04 Å². The van der Waals surface area contributed by atoms with E-state index < -0.39 is 0 Å². The number of aryl methyl sites for hydroxylation is 3. The third-order valence-corrected chi connectivity index (χ3v) is 2.97. The first kappa shape index (κ1) is 13.5. The predicted octanol–water partition coefficient (Wildman–Crippen LogP) is 2.65. The Morgan fingerprint density at radius 3 is 2.79 bits per heavy atom. The molecule has 0 amide bonds. The van der Waals surface area contributed by atoms with Crippen molar-refractivity contribution >= 4 is 11.5 Å². The molecule has 1 atom stereocenters. The zero-order valence-corrected chi connectivity index (χ0v) is 11.9. The number of oxazole rings is 1. The Morgan fingerprint density at radius 2 is 2.21 bits per heavy atom. The number of nitrogens with two attached hydrogens (primary N) is 1. The lowest BCUT2D eigenvalue weighted by molar-refractivity contribution is 0.452. The summed E-state index contributed by atoms with van der Waals surface area (Å²) in [7, 11) is 0. The summed E-state index contributed by atoms with van der Waals surface area (Å²) in [5, 5.41) is 7.76. The zero-order chi connectivity index (χ0) is 14.0. The molecular formula is C13H21N5O. The molecule has 0 aliphatic rings. The van der Waals surface area contributed by atoms with Gasteiger partial charge in [0.05, 0.1) is 17.6 Å². The lowest BCUT2D eigenvalue weighted by Gasteiger charge is -2.14. The Morgan fingerprint density at radius 1 is 1.47 bits per heavy atom. The number of nitrogens with zero attached hydrogens (tertiary/aromatic N) is 3. The minimum atomic E-state index is -0.0530. The van der Waals surface area contributed by atoms with Crippen LogP contribution in [0.15, 0.2) is 10.6 Å². The van der Waals surface area contributed by atoms with E-state index in [1.54, 1.807) is 6.20 Å². The number of nitrogens with one attached hydrogen (secondary N) is 1. The van der Waals surface area contributed by atoms with Gasteiger partial charge >= 0.3 is 0 Å². The molecule has 1 unspecified atom stereocenters. The summed E-state index contributed by atoms with van der Waals surface area (Å²) in [5.74, 6) is 2.29. The van der Waals surface area contributed by atoms with Gasteiger partial charge in [0.1, 0.15) is 17.6 Å². The van der Waals surface area contributed by atoms with Crippen LogP contribution >= 0.6 is 0 Å². The van der Waals surface area contributed by atoms with Gasteiger partial charge in [-0.25, -0.2) is 9.67 Å². The Labute approximate surface area is 113 Å². The molecule has 0 radical (unpaired) electrons. The highest BCUT2D eigenvalue weighted by Crippen LogP contribution is 2.26. The van der Waals surface area contributed by atoms with E-state index >= 15 is 0 Å². The van der Waals surface area contributed by atoms with Gasteiger partial charge in [-0.05, 0) is 27.2 Å². The van der Waals surface area contributed by atoms with Gasteiger partial charge in [-0.1, -0.05) is 6.92 Å². The van der Waals surface area contributed by atoms with Crippen LogP contribution in [0.25, 0.3) is 0 Å². The fourth-order valence-electron chi connectivity index (χ4n) is 1.96. The Kier molecular flexibility index (Phi) is 3.78. The molecule has 2 aromatic heterocycles. The minimum absolute atomic E-state index is 0.0530. The van der Waals surface area contributed by atoms with Gasteiger partial charge in [0.25, 0.3) is 0 Å². The number of aromatic nitrogens is 3. The van der Waals surface area contributed by atoms with Crippen molar-refractivity contribution in [1.82, 2.24) is 14.8 Å². The fourth-order valence-corrected chi connectivity index (χ4v) is 1.96. The van der Waals surface area contributed by atoms with E-state index in [0.717, 1.165) is 30.2 Å². The van der Waals surface area contributed by atoms with Crippen LogP contribution in [0.2, 0.25) is 0 Å². The molecule has 3 N–H and O–H groups in total. The quantitative estimate of drug-likeness (QED) is 0.866. The summed E-state index contributed by atoms with van der Waals surface area (Å²) in [6.45, 7) is 8.72. The standard InChI is InChI=1S/C13H21N5O/c1-5-6-18-12(11(14)9(3)17-18)16-10(4)13-15-7-8(2)19-13/h7,10,16H,5-6,14H2,1-4H3. The van der Waals surface area contributed by atoms with Crippen LogP contribution in [0.3, 0.4) is 0 Å². The highest BCUT2D eigenvalue weighted by molar-refractivity contribution is 5.65. The van der Waals surface area contributed by atoms with Gasteiger partial charge in [-0.15, -0.1) is 0 Å². The molecule has 6 heteroatoms. The summed E-state index contributed by atoms with van der Waals surface area (Å²) < 4.78 is 7.42. The van der Waals surface area contributed by atoms with Gasteiger partial charge < -0.3 is 15.5 Å². The number of hydrogen-bond donors (Lipinski definition) is 2. The lowest BCUT2D eigenvalue weighted by Crippen LogP contribution is -2.13. The average molecular weight is 263 g/mol. The van der Waals surface area contributed by atoms with E-state index in [4.69, 9.17) is 10.2 Å². The fraction of sp³-hybridized carbons (Fsp3) is 0.538. The van der Waals surface area contributed by atoms with Crippen molar-refractivity contribution in [2.75, 3.05) is 11.1 Å². The van der Waals surface area contributed by atoms with Gasteiger partial charge in [0.15, 0.2) is 0 Å². The molecule has 0 spiro atoms. The molecule has 6 nitrogen and oxygen atoms in total. The molecule has 2 heterocycles. The molecule has 0 aliphatic heterocycles. The molecule has 0 aliphatic carbocycles. The van der Waals surface area contributed by atoms with E-state index in [9.17, 15) is 0 Å². The average Bonchev–Trinajstić information content (AvgIpc) is 2.90. The second-order valence-electron chi connectivity index (χ2n) is 4.75. The molecule has 0 fully saturated rings. The number of rotatable bonds is 5. The second kappa shape index (κ2) is 5.34. The molecule has 104 valence electrons. The molecule has 19 heavy (non-hydrogen) atoms. The van der Waals surface area contributed by atoms with Crippen molar-refractivity contribution in [3.8, 4) is 0 Å². The van der Waals surface area contributed by atoms with Crippen molar-refractivity contribution in [1.29, 1.82) is 0 Å². The van der Waals surface area contributed by atoms with E-state index in [2.05, 4.69) is 22.3 Å². The summed E-state index contributed by atoms with van der Waals surface area (Å²) in [4.78, 5) is 4.22. The monoisotopic (exact) mass is 263 g/mol. The summed E-state index contributed by atoms with van der Waals surface area (Å²) >= 11 is 0. The molecule has 2 rings (SSSR count). The topological polar surface area (TPSA) is 81.9 Å². The van der Waals surface area contributed by atoms with Crippen LogP contribution in [0, 0.1) is 13.8 Å². The van der Waals surface area contributed by atoms with Gasteiger partial charge in [0, 0.05) is 6.54 Å². The summed E-state index contributed by atoms with van der Waals surface area (Å²) in [6.07, 6.45) is 2.72. The van der Waals surface area contributed by atoms with E-state index in [0.29, 0.717) is 11.6 Å². The van der Waals surface area contributed by atoms with Crippen molar-refractivity contribution in [3.63, 3.8) is 0 Å². The van der Waals surface area contributed by atoms with Crippen LogP contribution in [0.1, 0.15) is 43.7 Å². The zero-order valence-electron chi connectivity index (χ0n) is 11.9. The van der Waals surface area contributed by atoms with Crippen molar-refractivity contribution in [2.24, 2.45) is 0 Å². The second-order valence-corrected chi connectivity index (χ2v) is 4.75. The third-order valence-electron chi connectivity index (χ3n) is 2.97. The van der Waals surface area contributed by atoms with Gasteiger partial charge in [-0.2, -0.15) is 5.10 Å². The number of nitrogen functional groups attached to an aromatic ring is 1. The van der Waals surface area contributed by atoms with Crippen LogP contribution < -0.4 is 11.1 Å². The van der Waals surface area contributed by atoms with E-state index in [1.807, 2.05) is 25.5 Å². The Hall–Kier alpha value is -1.98. The first-order chi connectivity index (χ1) is 9.02. The molecular weight excluding hydrogens is 242 g/mol. The highest BCUT2D eigenvalue weighted by Gasteiger charge is 2.17. The lowest BCUT2D eigenvalue weighted by atomic mass is 10.3. The number of hydrogen-bond acceptors (Lipinski definition) is 5. The Balaban J connectivity index is 2.22. The number of anilines is 2. The smallest absolute Gasteiger partial charge is 0.216 e. The first-order valence-corrected chi connectivity index (χ1v) is 6.54. The largest absolute Gasteiger partial charge is 0.444 e. The third kappa shape index (κ3) is 2.72. The van der Waals surface area contributed by atoms with Crippen molar-refractivity contribution < 1.29 is 4.42 Å². The first-order valence-electron chi connectivity index (χ1n) is 6.54. The van der Waals surface area contributed by atoms with Crippen molar-refractivity contribution in [2.45, 2.75) is 46.7 Å². The molecule has 0 saturated heterocycles. The maximum atomic E-state index is 6.07. The van der Waals surface area contributed by atoms with E-state index in [1.165, 1.54) is 0 Å². The van der Waals surface area contributed by atoms with Crippen LogP contribution in [-0.4, -0.2) is 14.8 Å². The summed E-state index contributed by atoms with van der Waals surface area (Å²) in [5.41, 5.74) is 7.59. The normalized spacial score (nSPS) is 12.6. The predicted molar refractivity (Wildman–Crippen MR) is 74.9 cm³/mol. The Bertz CT molecular complexity index is 557. The molecule has 2 aromatic rings.